The van der Waals surface area contributed by atoms with Crippen molar-refractivity contribution in [3.63, 3.8) is 0 Å². The second-order valence-corrected chi connectivity index (χ2v) is 5.87. The maximum absolute atomic E-state index is 13.5. The van der Waals surface area contributed by atoms with Crippen molar-refractivity contribution in [3.05, 3.63) is 58.6 Å². The van der Waals surface area contributed by atoms with E-state index >= 15 is 0 Å². The molecule has 0 heterocycles. The van der Waals surface area contributed by atoms with Crippen LogP contribution < -0.4 is 10.2 Å². The van der Waals surface area contributed by atoms with Crippen molar-refractivity contribution in [2.24, 2.45) is 0 Å². The number of halogens is 3. The van der Waals surface area contributed by atoms with Crippen LogP contribution in [0, 0.1) is 11.6 Å². The maximum atomic E-state index is 13.5. The highest BCUT2D eigenvalue weighted by Crippen LogP contribution is 2.26. The Bertz CT molecular complexity index is 748. The standard InChI is InChI=1S/C17H15BrF2N2O2/c1-11(23)22(15-8-3-2-5-12(15)18)10-9-16(24)21-17-13(19)6-4-7-14(17)20/h2-8H,9-10H2,1H3,(H,21,24). The van der Waals surface area contributed by atoms with Crippen LogP contribution in [-0.2, 0) is 9.59 Å². The molecule has 2 rings (SSSR count). The van der Waals surface area contributed by atoms with Crippen LogP contribution in [0.25, 0.3) is 0 Å². The second-order valence-electron chi connectivity index (χ2n) is 5.02. The summed E-state index contributed by atoms with van der Waals surface area (Å²) in [6.45, 7) is 1.47. The molecule has 7 heteroatoms. The van der Waals surface area contributed by atoms with Crippen molar-refractivity contribution in [1.82, 2.24) is 0 Å². The fraction of sp³-hybridized carbons (Fsp3) is 0.176. The molecule has 0 unspecified atom stereocenters. The van der Waals surface area contributed by atoms with E-state index in [1.807, 2.05) is 0 Å². The van der Waals surface area contributed by atoms with Gasteiger partial charge in [0, 0.05) is 24.4 Å². The summed E-state index contributed by atoms with van der Waals surface area (Å²) < 4.78 is 27.8. The summed E-state index contributed by atoms with van der Waals surface area (Å²) in [6.07, 6.45) is -0.102. The van der Waals surface area contributed by atoms with Gasteiger partial charge in [-0.1, -0.05) is 18.2 Å². The zero-order chi connectivity index (χ0) is 17.7. The van der Waals surface area contributed by atoms with Gasteiger partial charge in [-0.25, -0.2) is 8.78 Å². The normalized spacial score (nSPS) is 10.3. The van der Waals surface area contributed by atoms with E-state index in [9.17, 15) is 18.4 Å². The Morgan fingerprint density at radius 2 is 1.71 bits per heavy atom. The van der Waals surface area contributed by atoms with E-state index in [0.717, 1.165) is 12.1 Å². The average Bonchev–Trinajstić information content (AvgIpc) is 2.52. The Hall–Kier alpha value is -2.28. The van der Waals surface area contributed by atoms with Crippen molar-refractivity contribution in [2.45, 2.75) is 13.3 Å². The number of rotatable bonds is 5. The summed E-state index contributed by atoms with van der Waals surface area (Å²) in [5, 5.41) is 2.20. The predicted octanol–water partition coefficient (Wildman–Crippen LogP) is 4.11. The lowest BCUT2D eigenvalue weighted by Gasteiger charge is -2.22. The van der Waals surface area contributed by atoms with Gasteiger partial charge in [0.05, 0.1) is 5.69 Å². The monoisotopic (exact) mass is 396 g/mol. The number of amides is 2. The van der Waals surface area contributed by atoms with Crippen LogP contribution in [0.4, 0.5) is 20.2 Å². The van der Waals surface area contributed by atoms with Gasteiger partial charge in [0.15, 0.2) is 0 Å². The summed E-state index contributed by atoms with van der Waals surface area (Å²) in [4.78, 5) is 25.2. The minimum Gasteiger partial charge on any atom is -0.321 e. The molecule has 0 aliphatic carbocycles. The molecular formula is C17H15BrF2N2O2. The lowest BCUT2D eigenvalue weighted by molar-refractivity contribution is -0.117. The number of nitrogens with zero attached hydrogens (tertiary/aromatic N) is 1. The maximum Gasteiger partial charge on any atom is 0.226 e. The van der Waals surface area contributed by atoms with Crippen LogP contribution >= 0.6 is 15.9 Å². The third-order valence-electron chi connectivity index (χ3n) is 3.31. The molecule has 0 aliphatic heterocycles. The highest BCUT2D eigenvalue weighted by molar-refractivity contribution is 9.10. The first kappa shape index (κ1) is 18.1. The van der Waals surface area contributed by atoms with Gasteiger partial charge >= 0.3 is 0 Å². The van der Waals surface area contributed by atoms with E-state index in [0.29, 0.717) is 10.2 Å². The van der Waals surface area contributed by atoms with Crippen LogP contribution in [0.15, 0.2) is 46.9 Å². The molecule has 2 aromatic carbocycles. The number of hydrogen-bond donors (Lipinski definition) is 1. The van der Waals surface area contributed by atoms with E-state index in [1.54, 1.807) is 24.3 Å². The van der Waals surface area contributed by atoms with Crippen LogP contribution in [0.1, 0.15) is 13.3 Å². The molecule has 126 valence electrons. The van der Waals surface area contributed by atoms with E-state index in [1.165, 1.54) is 17.9 Å². The Balaban J connectivity index is 2.06. The first-order chi connectivity index (χ1) is 11.4. The average molecular weight is 397 g/mol. The third-order valence-corrected chi connectivity index (χ3v) is 3.98. The summed E-state index contributed by atoms with van der Waals surface area (Å²) in [5.74, 6) is -2.53. The van der Waals surface area contributed by atoms with Crippen molar-refractivity contribution in [2.75, 3.05) is 16.8 Å². The summed E-state index contributed by atoms with van der Waals surface area (Å²) >= 11 is 3.35. The lowest BCUT2D eigenvalue weighted by atomic mass is 10.2. The van der Waals surface area contributed by atoms with Gasteiger partial charge in [0.25, 0.3) is 0 Å². The Morgan fingerprint density at radius 1 is 1.08 bits per heavy atom. The van der Waals surface area contributed by atoms with Gasteiger partial charge in [-0.2, -0.15) is 0 Å². The van der Waals surface area contributed by atoms with Gasteiger partial charge in [-0.05, 0) is 40.2 Å². The smallest absolute Gasteiger partial charge is 0.226 e. The van der Waals surface area contributed by atoms with Gasteiger partial charge in [-0.3, -0.25) is 9.59 Å². The molecule has 1 N–H and O–H groups in total. The van der Waals surface area contributed by atoms with Crippen molar-refractivity contribution < 1.29 is 18.4 Å². The molecule has 0 radical (unpaired) electrons. The first-order valence-corrected chi connectivity index (χ1v) is 7.96. The van der Waals surface area contributed by atoms with E-state index < -0.39 is 23.2 Å². The highest BCUT2D eigenvalue weighted by Gasteiger charge is 2.17. The molecular weight excluding hydrogens is 382 g/mol. The third kappa shape index (κ3) is 4.38. The minimum atomic E-state index is -0.849. The Morgan fingerprint density at radius 3 is 2.29 bits per heavy atom. The number of carbonyl (C=O) groups excluding carboxylic acids is 2. The van der Waals surface area contributed by atoms with Crippen LogP contribution in [0.3, 0.4) is 0 Å². The Labute approximate surface area is 146 Å². The summed E-state index contributed by atoms with van der Waals surface area (Å²) in [7, 11) is 0. The number of para-hydroxylation sites is 2. The molecule has 2 amide bonds. The molecule has 0 saturated carbocycles. The predicted molar refractivity (Wildman–Crippen MR) is 91.8 cm³/mol. The molecule has 0 fully saturated rings. The largest absolute Gasteiger partial charge is 0.321 e. The quantitative estimate of drug-likeness (QED) is 0.826. The summed E-state index contributed by atoms with van der Waals surface area (Å²) in [5.41, 5.74) is 0.132. The highest BCUT2D eigenvalue weighted by atomic mass is 79.9. The van der Waals surface area contributed by atoms with Crippen LogP contribution in [0.5, 0.6) is 0 Å². The van der Waals surface area contributed by atoms with Gasteiger partial charge in [-0.15, -0.1) is 0 Å². The molecule has 0 saturated heterocycles. The molecule has 0 aromatic heterocycles. The lowest BCUT2D eigenvalue weighted by Crippen LogP contribution is -2.32. The van der Waals surface area contributed by atoms with Crippen molar-refractivity contribution >= 4 is 39.1 Å². The topological polar surface area (TPSA) is 49.4 Å². The zero-order valence-corrected chi connectivity index (χ0v) is 14.4. The van der Waals surface area contributed by atoms with E-state index in [2.05, 4.69) is 21.2 Å². The molecule has 0 atom stereocenters. The van der Waals surface area contributed by atoms with Gasteiger partial charge in [0.2, 0.25) is 11.8 Å². The number of carbonyl (C=O) groups is 2. The number of benzene rings is 2. The minimum absolute atomic E-state index is 0.0832. The molecule has 0 aliphatic rings. The van der Waals surface area contributed by atoms with Crippen LogP contribution in [0.2, 0.25) is 0 Å². The van der Waals surface area contributed by atoms with Crippen molar-refractivity contribution in [3.8, 4) is 0 Å². The fourth-order valence-corrected chi connectivity index (χ4v) is 2.65. The van der Waals surface area contributed by atoms with E-state index in [-0.39, 0.29) is 18.9 Å². The zero-order valence-electron chi connectivity index (χ0n) is 12.9. The van der Waals surface area contributed by atoms with Crippen LogP contribution in [-0.4, -0.2) is 18.4 Å². The molecule has 0 spiro atoms. The first-order valence-electron chi connectivity index (χ1n) is 7.16. The molecule has 4 nitrogen and oxygen atoms in total. The van der Waals surface area contributed by atoms with Gasteiger partial charge in [0.1, 0.15) is 17.3 Å². The number of nitrogens with one attached hydrogen (secondary N) is 1. The molecule has 0 bridgehead atoms. The fourth-order valence-electron chi connectivity index (χ4n) is 2.15. The summed E-state index contributed by atoms with van der Waals surface area (Å²) in [6, 6.07) is 10.4. The van der Waals surface area contributed by atoms with Gasteiger partial charge < -0.3 is 10.2 Å². The number of hydrogen-bond acceptors (Lipinski definition) is 2. The molecule has 24 heavy (non-hydrogen) atoms. The van der Waals surface area contributed by atoms with E-state index in [4.69, 9.17) is 0 Å². The molecule has 2 aromatic rings. The Kier molecular flexibility index (Phi) is 6.03. The van der Waals surface area contributed by atoms with Crippen molar-refractivity contribution in [1.29, 1.82) is 0 Å². The second kappa shape index (κ2) is 8.01. The number of anilines is 2. The SMILES string of the molecule is CC(=O)N(CCC(=O)Nc1c(F)cccc1F)c1ccccc1Br.